The zero-order valence-electron chi connectivity index (χ0n) is 21.1. The molecule has 0 unspecified atom stereocenters. The van der Waals surface area contributed by atoms with Crippen LogP contribution in [0.2, 0.25) is 0 Å². The molecule has 0 aromatic carbocycles. The summed E-state index contributed by atoms with van der Waals surface area (Å²) in [5.41, 5.74) is 2.13. The Kier molecular flexibility index (Phi) is 9.53. The number of methoxy groups -OCH3 is 1. The summed E-state index contributed by atoms with van der Waals surface area (Å²) < 4.78 is 12.5. The molecule has 10 nitrogen and oxygen atoms in total. The Balaban J connectivity index is 1.83. The molecule has 0 atom stereocenters. The van der Waals surface area contributed by atoms with E-state index >= 15 is 0 Å². The van der Waals surface area contributed by atoms with E-state index in [0.717, 1.165) is 30.5 Å². The summed E-state index contributed by atoms with van der Waals surface area (Å²) in [7, 11) is 1.57. The summed E-state index contributed by atoms with van der Waals surface area (Å²) in [4.78, 5) is 26.6. The van der Waals surface area contributed by atoms with Crippen molar-refractivity contribution < 1.29 is 14.6 Å². The van der Waals surface area contributed by atoms with E-state index in [-0.39, 0.29) is 11.4 Å². The number of aromatic nitrogens is 4. The van der Waals surface area contributed by atoms with Crippen LogP contribution in [0.5, 0.6) is 5.88 Å². The molecule has 0 bridgehead atoms. The molecule has 0 saturated heterocycles. The number of ether oxygens (including phenoxy) is 2. The average Bonchev–Trinajstić information content (AvgIpc) is 2.84. The van der Waals surface area contributed by atoms with Gasteiger partial charge in [0.25, 0.3) is 5.56 Å². The molecule has 0 saturated carbocycles. The Hall–Kier alpha value is -3.08. The van der Waals surface area contributed by atoms with Gasteiger partial charge < -0.3 is 25.2 Å². The van der Waals surface area contributed by atoms with Crippen molar-refractivity contribution in [3.63, 3.8) is 0 Å². The van der Waals surface area contributed by atoms with Crippen molar-refractivity contribution in [1.29, 1.82) is 0 Å². The van der Waals surface area contributed by atoms with Crippen LogP contribution in [-0.2, 0) is 11.3 Å². The first-order valence-electron chi connectivity index (χ1n) is 12.0. The van der Waals surface area contributed by atoms with Gasteiger partial charge in [0.15, 0.2) is 17.1 Å². The van der Waals surface area contributed by atoms with Crippen molar-refractivity contribution in [2.75, 3.05) is 45.3 Å². The van der Waals surface area contributed by atoms with Crippen LogP contribution < -0.4 is 20.9 Å². The van der Waals surface area contributed by atoms with Gasteiger partial charge in [-0.25, -0.2) is 15.0 Å². The molecule has 4 N–H and O–H groups in total. The number of hydrogen-bond acceptors (Lipinski definition) is 8. The third kappa shape index (κ3) is 7.71. The first-order chi connectivity index (χ1) is 16.8. The average molecular weight is 486 g/mol. The van der Waals surface area contributed by atoms with Crippen molar-refractivity contribution in [2.24, 2.45) is 0 Å². The molecule has 3 heterocycles. The van der Waals surface area contributed by atoms with Gasteiger partial charge in [0.2, 0.25) is 5.88 Å². The maximum Gasteiger partial charge on any atom is 0.293 e. The number of rotatable bonds is 14. The summed E-state index contributed by atoms with van der Waals surface area (Å²) >= 11 is 0. The number of pyridine rings is 2. The predicted octanol–water partition coefficient (Wildman–Crippen LogP) is 2.18. The third-order valence-electron chi connectivity index (χ3n) is 5.28. The second-order valence-electron chi connectivity index (χ2n) is 9.03. The summed E-state index contributed by atoms with van der Waals surface area (Å²) in [6.07, 6.45) is 5.16. The molecule has 0 aliphatic heterocycles. The fourth-order valence-corrected chi connectivity index (χ4v) is 3.51. The van der Waals surface area contributed by atoms with Crippen LogP contribution >= 0.6 is 0 Å². The second-order valence-corrected chi connectivity index (χ2v) is 9.03. The van der Waals surface area contributed by atoms with Gasteiger partial charge in [0, 0.05) is 63.1 Å². The lowest BCUT2D eigenvalue weighted by Gasteiger charge is -2.15. The van der Waals surface area contributed by atoms with Crippen molar-refractivity contribution >= 4 is 17.0 Å². The molecule has 35 heavy (non-hydrogen) atoms. The van der Waals surface area contributed by atoms with E-state index in [2.05, 4.69) is 32.5 Å². The molecule has 3 aromatic rings. The first-order valence-corrected chi connectivity index (χ1v) is 12.0. The zero-order chi connectivity index (χ0) is 25.3. The predicted molar refractivity (Wildman–Crippen MR) is 138 cm³/mol. The maximum atomic E-state index is 13.3. The Morgan fingerprint density at radius 3 is 2.60 bits per heavy atom. The van der Waals surface area contributed by atoms with Crippen LogP contribution in [0.4, 0.5) is 5.82 Å². The molecule has 0 aliphatic rings. The monoisotopic (exact) mass is 485 g/mol. The molecule has 3 aromatic heterocycles. The van der Waals surface area contributed by atoms with Crippen LogP contribution in [-0.4, -0.2) is 70.2 Å². The smallest absolute Gasteiger partial charge is 0.293 e. The summed E-state index contributed by atoms with van der Waals surface area (Å²) in [6.45, 7) is 9.20. The molecule has 3 rings (SSSR count). The number of nitrogens with one attached hydrogen (secondary N) is 2. The molecular weight excluding hydrogens is 448 g/mol. The fourth-order valence-electron chi connectivity index (χ4n) is 3.51. The largest absolute Gasteiger partial charge is 0.481 e. The number of fused-ring (bicyclic) bond motifs is 1. The molecule has 190 valence electrons. The first kappa shape index (κ1) is 26.5. The topological polar surface area (TPSA) is 126 Å². The number of nitrogens with zero attached hydrogens (tertiary/aromatic N) is 4. The Morgan fingerprint density at radius 1 is 1.11 bits per heavy atom. The van der Waals surface area contributed by atoms with Crippen molar-refractivity contribution in [3.05, 3.63) is 40.9 Å². The van der Waals surface area contributed by atoms with E-state index in [1.54, 1.807) is 30.1 Å². The lowest BCUT2D eigenvalue weighted by molar-refractivity contribution is 0.0800. The minimum Gasteiger partial charge on any atom is -0.481 e. The molecule has 0 radical (unpaired) electrons. The molecular formula is C25H37N6O4+. The highest BCUT2D eigenvalue weighted by molar-refractivity contribution is 5.78. The minimum atomic E-state index is -0.507. The third-order valence-corrected chi connectivity index (χ3v) is 5.28. The number of anilines is 1. The lowest BCUT2D eigenvalue weighted by atomic mass is 10.1. The highest BCUT2D eigenvalue weighted by Gasteiger charge is 2.16. The summed E-state index contributed by atoms with van der Waals surface area (Å²) in [5, 5.41) is 14.3. The van der Waals surface area contributed by atoms with E-state index < -0.39 is 5.60 Å². The van der Waals surface area contributed by atoms with Crippen molar-refractivity contribution in [1.82, 2.24) is 24.8 Å². The summed E-state index contributed by atoms with van der Waals surface area (Å²) in [5.74, 6) is 0.809. The molecule has 0 amide bonds. The fraction of sp³-hybridized carbons (Fsp3) is 0.520. The van der Waals surface area contributed by atoms with Gasteiger partial charge in [-0.05, 0) is 31.5 Å². The van der Waals surface area contributed by atoms with E-state index in [4.69, 9.17) is 14.6 Å². The van der Waals surface area contributed by atoms with Gasteiger partial charge in [-0.1, -0.05) is 6.92 Å². The van der Waals surface area contributed by atoms with E-state index in [0.29, 0.717) is 49.9 Å². The minimum absolute atomic E-state index is 0.204. The molecule has 0 fully saturated rings. The standard InChI is InChI=1S/C25H36N6O4/c1-5-12-35-13-11-31-20-14-19(18-7-8-21(34-4)28-15-18)16-29-22(20)30-23(24(31)32)27-10-6-9-26-17-25(2,3)33/h7-8,14-16,26,33H,5-6,9-13,17H2,1-4H3,(H,27,29,30)/p+1. The van der Waals surface area contributed by atoms with Crippen molar-refractivity contribution in [3.8, 4) is 17.0 Å². The Bertz CT molecular complexity index is 1140. The van der Waals surface area contributed by atoms with Gasteiger partial charge in [-0.15, -0.1) is 0 Å². The van der Waals surface area contributed by atoms with E-state index in [9.17, 15) is 4.79 Å². The van der Waals surface area contributed by atoms with Gasteiger partial charge in [0.05, 0.1) is 25.8 Å². The number of hydrogen-bond donors (Lipinski definition) is 2. The normalized spacial score (nSPS) is 11.7. The molecule has 0 aliphatic carbocycles. The van der Waals surface area contributed by atoms with Gasteiger partial charge in [-0.2, -0.15) is 0 Å². The van der Waals surface area contributed by atoms with Crippen LogP contribution in [0.1, 0.15) is 33.6 Å². The highest BCUT2D eigenvalue weighted by atomic mass is 16.5. The maximum absolute atomic E-state index is 13.3. The Morgan fingerprint density at radius 2 is 1.91 bits per heavy atom. The van der Waals surface area contributed by atoms with Crippen molar-refractivity contribution in [2.45, 2.75) is 45.8 Å². The van der Waals surface area contributed by atoms with Crippen LogP contribution in [0.15, 0.2) is 35.4 Å². The molecule has 0 spiro atoms. The van der Waals surface area contributed by atoms with E-state index in [1.165, 1.54) is 0 Å². The second kappa shape index (κ2) is 12.6. The quantitative estimate of drug-likeness (QED) is 0.263. The van der Waals surface area contributed by atoms with Gasteiger partial charge in [-0.3, -0.25) is 9.36 Å². The van der Waals surface area contributed by atoms with Crippen LogP contribution in [0, 0.1) is 0 Å². The SMILES string of the molecule is CCCOCCn1c(=O)c(NCCCNCC(C)(C)[OH2+])nc2ncc(-c3ccc(OC)nc3)cc21. The van der Waals surface area contributed by atoms with Crippen LogP contribution in [0.25, 0.3) is 22.3 Å². The Labute approximate surface area is 205 Å². The van der Waals surface area contributed by atoms with Crippen LogP contribution in [0.3, 0.4) is 0 Å². The lowest BCUT2D eigenvalue weighted by Crippen LogP contribution is -2.35. The molecule has 10 heteroatoms. The highest BCUT2D eigenvalue weighted by Crippen LogP contribution is 2.23. The van der Waals surface area contributed by atoms with Gasteiger partial charge >= 0.3 is 0 Å². The van der Waals surface area contributed by atoms with Gasteiger partial charge in [0.1, 0.15) is 0 Å². The summed E-state index contributed by atoms with van der Waals surface area (Å²) in [6, 6.07) is 5.60. The van der Waals surface area contributed by atoms with E-state index in [1.807, 2.05) is 26.0 Å². The zero-order valence-corrected chi connectivity index (χ0v) is 21.1.